The molecule has 116 valence electrons. The number of nitro groups is 1. The molecular weight excluding hydrogens is 296 g/mol. The third-order valence-corrected chi connectivity index (χ3v) is 5.63. The van der Waals surface area contributed by atoms with Crippen molar-refractivity contribution >= 4 is 27.2 Å². The summed E-state index contributed by atoms with van der Waals surface area (Å²) in [5, 5.41) is 16.3. The van der Waals surface area contributed by atoms with E-state index in [0.29, 0.717) is 31.0 Å². The van der Waals surface area contributed by atoms with Crippen LogP contribution in [-0.2, 0) is 9.84 Å². The van der Waals surface area contributed by atoms with Crippen molar-refractivity contribution < 1.29 is 13.3 Å². The first-order chi connectivity index (χ1) is 9.92. The van der Waals surface area contributed by atoms with E-state index < -0.39 is 20.0 Å². The molecule has 1 saturated heterocycles. The lowest BCUT2D eigenvalue weighted by Crippen LogP contribution is -2.25. The molecule has 1 aromatic rings. The fourth-order valence-electron chi connectivity index (χ4n) is 2.29. The number of nitrogens with zero attached hydrogens (tertiary/aromatic N) is 2. The van der Waals surface area contributed by atoms with Gasteiger partial charge in [-0.2, -0.15) is 0 Å². The smallest absolute Gasteiger partial charge is 0.276 e. The quantitative estimate of drug-likeness (QED) is 0.602. The summed E-state index contributed by atoms with van der Waals surface area (Å²) in [7, 11) is -3.04. The normalized spacial score (nSPS) is 20.1. The third-order valence-electron chi connectivity index (χ3n) is 3.35. The number of rotatable bonds is 6. The van der Waals surface area contributed by atoms with E-state index in [-0.39, 0.29) is 18.0 Å². The fraction of sp³-hybridized carbons (Fsp3) is 0.583. The maximum atomic E-state index is 11.7. The number of aromatic nitrogens is 1. The predicted molar refractivity (Wildman–Crippen MR) is 80.4 cm³/mol. The minimum Gasteiger partial charge on any atom is -0.370 e. The number of nitrogens with one attached hydrogen (secondary N) is 2. The Morgan fingerprint density at radius 1 is 1.38 bits per heavy atom. The molecule has 0 aromatic carbocycles. The second-order valence-corrected chi connectivity index (χ2v) is 7.30. The number of hydrogen-bond acceptors (Lipinski definition) is 7. The standard InChI is InChI=1S/C12H18N4O4S/c1-2-13-11-6-9(16(17)18)7-12(15-11)14-8-10-4-3-5-21(10,19)20/h6-7,10H,2-5,8H2,1H3,(H2,13,14,15). The molecule has 21 heavy (non-hydrogen) atoms. The van der Waals surface area contributed by atoms with E-state index >= 15 is 0 Å². The van der Waals surface area contributed by atoms with Crippen molar-refractivity contribution in [1.82, 2.24) is 4.98 Å². The summed E-state index contributed by atoms with van der Waals surface area (Å²) >= 11 is 0. The van der Waals surface area contributed by atoms with E-state index in [1.807, 2.05) is 6.92 Å². The molecule has 1 fully saturated rings. The van der Waals surface area contributed by atoms with Gasteiger partial charge in [0.15, 0.2) is 9.84 Å². The van der Waals surface area contributed by atoms with Crippen LogP contribution in [0.3, 0.4) is 0 Å². The van der Waals surface area contributed by atoms with E-state index in [2.05, 4.69) is 15.6 Å². The predicted octanol–water partition coefficient (Wildman–Crippen LogP) is 1.41. The molecule has 0 spiro atoms. The van der Waals surface area contributed by atoms with Gasteiger partial charge in [0, 0.05) is 13.1 Å². The molecule has 1 aliphatic rings. The summed E-state index contributed by atoms with van der Waals surface area (Å²) in [5.74, 6) is 0.912. The molecular formula is C12H18N4O4S. The summed E-state index contributed by atoms with van der Waals surface area (Å²) < 4.78 is 23.5. The van der Waals surface area contributed by atoms with Crippen LogP contribution in [0.25, 0.3) is 0 Å². The van der Waals surface area contributed by atoms with Crippen molar-refractivity contribution in [2.75, 3.05) is 29.5 Å². The molecule has 0 saturated carbocycles. The Labute approximate surface area is 123 Å². The van der Waals surface area contributed by atoms with Gasteiger partial charge in [-0.1, -0.05) is 0 Å². The van der Waals surface area contributed by atoms with Crippen molar-refractivity contribution in [3.63, 3.8) is 0 Å². The number of hydrogen-bond donors (Lipinski definition) is 2. The molecule has 0 bridgehead atoms. The van der Waals surface area contributed by atoms with Crippen LogP contribution >= 0.6 is 0 Å². The first-order valence-electron chi connectivity index (χ1n) is 6.78. The summed E-state index contributed by atoms with van der Waals surface area (Å²) in [4.78, 5) is 14.6. The second-order valence-electron chi connectivity index (χ2n) is 4.90. The molecule has 1 aliphatic heterocycles. The highest BCUT2D eigenvalue weighted by atomic mass is 32.2. The Morgan fingerprint density at radius 2 is 2.05 bits per heavy atom. The zero-order valence-corrected chi connectivity index (χ0v) is 12.5. The van der Waals surface area contributed by atoms with Crippen LogP contribution < -0.4 is 10.6 Å². The zero-order chi connectivity index (χ0) is 15.5. The molecule has 2 heterocycles. The van der Waals surface area contributed by atoms with E-state index in [1.165, 1.54) is 12.1 Å². The molecule has 1 aromatic heterocycles. The van der Waals surface area contributed by atoms with E-state index in [9.17, 15) is 18.5 Å². The zero-order valence-electron chi connectivity index (χ0n) is 11.7. The van der Waals surface area contributed by atoms with Gasteiger partial charge in [-0.05, 0) is 19.8 Å². The van der Waals surface area contributed by atoms with E-state index in [4.69, 9.17) is 0 Å². The highest BCUT2D eigenvalue weighted by Gasteiger charge is 2.31. The highest BCUT2D eigenvalue weighted by Crippen LogP contribution is 2.23. The van der Waals surface area contributed by atoms with Crippen LogP contribution in [0.5, 0.6) is 0 Å². The van der Waals surface area contributed by atoms with Crippen LogP contribution in [0.15, 0.2) is 12.1 Å². The lowest BCUT2D eigenvalue weighted by molar-refractivity contribution is -0.384. The van der Waals surface area contributed by atoms with E-state index in [1.54, 1.807) is 0 Å². The third kappa shape index (κ3) is 3.81. The highest BCUT2D eigenvalue weighted by molar-refractivity contribution is 7.92. The van der Waals surface area contributed by atoms with E-state index in [0.717, 1.165) is 0 Å². The summed E-state index contributed by atoms with van der Waals surface area (Å²) in [6.45, 7) is 2.67. The first-order valence-corrected chi connectivity index (χ1v) is 8.49. The molecule has 8 nitrogen and oxygen atoms in total. The van der Waals surface area contributed by atoms with Crippen molar-refractivity contribution in [2.24, 2.45) is 0 Å². The fourth-order valence-corrected chi connectivity index (χ4v) is 4.06. The largest absolute Gasteiger partial charge is 0.370 e. The molecule has 1 unspecified atom stereocenters. The Bertz CT molecular complexity index is 632. The van der Waals surface area contributed by atoms with Crippen molar-refractivity contribution in [3.05, 3.63) is 22.2 Å². The maximum Gasteiger partial charge on any atom is 0.276 e. The van der Waals surface area contributed by atoms with Crippen LogP contribution in [0, 0.1) is 10.1 Å². The van der Waals surface area contributed by atoms with Gasteiger partial charge < -0.3 is 10.6 Å². The second kappa shape index (κ2) is 6.25. The maximum absolute atomic E-state index is 11.7. The minimum absolute atomic E-state index is 0.0854. The Hall–Kier alpha value is -1.90. The van der Waals surface area contributed by atoms with Gasteiger partial charge in [0.05, 0.1) is 28.1 Å². The van der Waals surface area contributed by atoms with Crippen LogP contribution in [0.4, 0.5) is 17.3 Å². The summed E-state index contributed by atoms with van der Waals surface area (Å²) in [6, 6.07) is 2.66. The van der Waals surface area contributed by atoms with Gasteiger partial charge in [-0.15, -0.1) is 0 Å². The molecule has 2 rings (SSSR count). The number of pyridine rings is 1. The first kappa shape index (κ1) is 15.5. The minimum atomic E-state index is -3.04. The number of sulfone groups is 1. The van der Waals surface area contributed by atoms with Crippen LogP contribution in [-0.4, -0.2) is 42.4 Å². The molecule has 0 amide bonds. The van der Waals surface area contributed by atoms with Crippen molar-refractivity contribution in [2.45, 2.75) is 25.0 Å². The Kier molecular flexibility index (Phi) is 4.61. The molecule has 9 heteroatoms. The van der Waals surface area contributed by atoms with Crippen molar-refractivity contribution in [1.29, 1.82) is 0 Å². The van der Waals surface area contributed by atoms with Crippen molar-refractivity contribution in [3.8, 4) is 0 Å². The molecule has 0 radical (unpaired) electrons. The summed E-state index contributed by atoms with van der Waals surface area (Å²) in [6.07, 6.45) is 1.28. The lowest BCUT2D eigenvalue weighted by atomic mass is 10.2. The monoisotopic (exact) mass is 314 g/mol. The average Bonchev–Trinajstić information content (AvgIpc) is 2.75. The topological polar surface area (TPSA) is 114 Å². The van der Waals surface area contributed by atoms with Crippen LogP contribution in [0.1, 0.15) is 19.8 Å². The Morgan fingerprint density at radius 3 is 2.57 bits per heavy atom. The van der Waals surface area contributed by atoms with Crippen LogP contribution in [0.2, 0.25) is 0 Å². The van der Waals surface area contributed by atoms with Gasteiger partial charge in [0.25, 0.3) is 5.69 Å². The van der Waals surface area contributed by atoms with Gasteiger partial charge in [0.2, 0.25) is 0 Å². The molecule has 0 aliphatic carbocycles. The number of anilines is 2. The van der Waals surface area contributed by atoms with Gasteiger partial charge >= 0.3 is 0 Å². The Balaban J connectivity index is 2.13. The molecule has 1 atom stereocenters. The average molecular weight is 314 g/mol. The lowest BCUT2D eigenvalue weighted by Gasteiger charge is -2.12. The van der Waals surface area contributed by atoms with Gasteiger partial charge in [0.1, 0.15) is 11.6 Å². The van der Waals surface area contributed by atoms with Gasteiger partial charge in [-0.3, -0.25) is 10.1 Å². The summed E-state index contributed by atoms with van der Waals surface area (Å²) in [5.41, 5.74) is -0.0854. The van der Waals surface area contributed by atoms with Gasteiger partial charge in [-0.25, -0.2) is 13.4 Å². The SMILES string of the molecule is CCNc1cc([N+](=O)[O-])cc(NCC2CCCS2(=O)=O)n1. The molecule has 2 N–H and O–H groups in total.